The molecule has 2 aromatic carbocycles. The number of aromatic nitrogens is 2. The summed E-state index contributed by atoms with van der Waals surface area (Å²) in [5, 5.41) is 15.8. The van der Waals surface area contributed by atoms with Gasteiger partial charge in [0.2, 0.25) is 11.0 Å². The lowest BCUT2D eigenvalue weighted by atomic mass is 10.0. The van der Waals surface area contributed by atoms with Crippen molar-refractivity contribution < 1.29 is 13.6 Å². The van der Waals surface area contributed by atoms with Crippen LogP contribution in [0.3, 0.4) is 0 Å². The molecule has 1 aliphatic rings. The lowest BCUT2D eigenvalue weighted by Crippen LogP contribution is -2.31. The molecule has 156 valence electrons. The number of carbonyl (C=O) groups excluding carboxylic acids is 1. The number of anilines is 2. The van der Waals surface area contributed by atoms with Gasteiger partial charge in [0.1, 0.15) is 5.01 Å². The van der Waals surface area contributed by atoms with Gasteiger partial charge in [0.25, 0.3) is 5.92 Å². The van der Waals surface area contributed by atoms with Crippen LogP contribution in [-0.4, -0.2) is 28.7 Å². The number of benzene rings is 2. The standard InChI is InChI=1S/C21H21F2N5OS/c1-21(22,23)15-5-2-12(3-6-15)8-16(24)11-25-20-28-27-19(30-20)13-4-7-17-14(9-13)10-18(29)26-17/h2-7,9,16H,8,10-11,24H2,1H3,(H,25,28)(H,26,29). The fourth-order valence-electron chi connectivity index (χ4n) is 3.30. The molecule has 0 saturated heterocycles. The Labute approximate surface area is 176 Å². The Morgan fingerprint density at radius 3 is 2.73 bits per heavy atom. The highest BCUT2D eigenvalue weighted by Crippen LogP contribution is 2.32. The summed E-state index contributed by atoms with van der Waals surface area (Å²) in [6, 6.07) is 11.8. The van der Waals surface area contributed by atoms with Crippen molar-refractivity contribution in [2.45, 2.75) is 31.7 Å². The Morgan fingerprint density at radius 1 is 1.23 bits per heavy atom. The van der Waals surface area contributed by atoms with E-state index < -0.39 is 5.92 Å². The summed E-state index contributed by atoms with van der Waals surface area (Å²) in [7, 11) is 0. The van der Waals surface area contributed by atoms with Gasteiger partial charge in [0, 0.05) is 36.3 Å². The first-order valence-corrected chi connectivity index (χ1v) is 10.3. The molecule has 0 saturated carbocycles. The van der Waals surface area contributed by atoms with Crippen molar-refractivity contribution in [1.82, 2.24) is 10.2 Å². The molecule has 1 aliphatic heterocycles. The van der Waals surface area contributed by atoms with Crippen LogP contribution in [0.25, 0.3) is 10.6 Å². The fraction of sp³-hybridized carbons (Fsp3) is 0.286. The predicted molar refractivity (Wildman–Crippen MR) is 114 cm³/mol. The minimum absolute atomic E-state index is 0.00574. The molecule has 6 nitrogen and oxygen atoms in total. The zero-order valence-electron chi connectivity index (χ0n) is 16.3. The summed E-state index contributed by atoms with van der Waals surface area (Å²) < 4.78 is 26.6. The summed E-state index contributed by atoms with van der Waals surface area (Å²) in [5.41, 5.74) is 9.77. The van der Waals surface area contributed by atoms with Gasteiger partial charge in [-0.2, -0.15) is 0 Å². The van der Waals surface area contributed by atoms with E-state index in [1.54, 1.807) is 12.1 Å². The number of carbonyl (C=O) groups is 1. The quantitative estimate of drug-likeness (QED) is 0.531. The van der Waals surface area contributed by atoms with Crippen LogP contribution < -0.4 is 16.4 Å². The number of nitrogens with zero attached hydrogens (tertiary/aromatic N) is 2. The van der Waals surface area contributed by atoms with Gasteiger partial charge in [-0.1, -0.05) is 35.6 Å². The van der Waals surface area contributed by atoms with Crippen molar-refractivity contribution >= 4 is 28.1 Å². The Balaban J connectivity index is 1.33. The molecule has 2 heterocycles. The van der Waals surface area contributed by atoms with Gasteiger partial charge in [-0.05, 0) is 35.7 Å². The number of alkyl halides is 2. The molecule has 0 bridgehead atoms. The maximum atomic E-state index is 13.3. The first-order valence-electron chi connectivity index (χ1n) is 9.51. The lowest BCUT2D eigenvalue weighted by Gasteiger charge is -2.14. The van der Waals surface area contributed by atoms with Crippen molar-refractivity contribution in [2.24, 2.45) is 5.73 Å². The summed E-state index contributed by atoms with van der Waals surface area (Å²) in [5.74, 6) is -2.85. The SMILES string of the molecule is CC(F)(F)c1ccc(CC(N)CNc2nnc(-c3ccc4c(c3)CC(=O)N4)s2)cc1. The van der Waals surface area contributed by atoms with Crippen LogP contribution in [0.15, 0.2) is 42.5 Å². The van der Waals surface area contributed by atoms with Crippen molar-refractivity contribution in [3.05, 3.63) is 59.2 Å². The van der Waals surface area contributed by atoms with Crippen LogP contribution in [0.5, 0.6) is 0 Å². The van der Waals surface area contributed by atoms with E-state index in [4.69, 9.17) is 5.73 Å². The van der Waals surface area contributed by atoms with Gasteiger partial charge in [-0.3, -0.25) is 4.79 Å². The monoisotopic (exact) mass is 429 g/mol. The van der Waals surface area contributed by atoms with Crippen molar-refractivity contribution in [3.63, 3.8) is 0 Å². The average Bonchev–Trinajstić information content (AvgIpc) is 3.31. The van der Waals surface area contributed by atoms with Crippen LogP contribution in [0.4, 0.5) is 19.6 Å². The Bertz CT molecular complexity index is 1060. The number of fused-ring (bicyclic) bond motifs is 1. The fourth-order valence-corrected chi connectivity index (χ4v) is 4.05. The van der Waals surface area contributed by atoms with Crippen LogP contribution in [0.2, 0.25) is 0 Å². The Kier molecular flexibility index (Phi) is 5.48. The molecule has 1 amide bonds. The number of rotatable bonds is 7. The average molecular weight is 429 g/mol. The van der Waals surface area contributed by atoms with E-state index in [-0.39, 0.29) is 17.5 Å². The molecule has 4 rings (SSSR count). The zero-order valence-corrected chi connectivity index (χ0v) is 17.1. The molecule has 0 radical (unpaired) electrons. The number of hydrogen-bond donors (Lipinski definition) is 3. The summed E-state index contributed by atoms with van der Waals surface area (Å²) in [4.78, 5) is 11.5. The first kappa shape index (κ1) is 20.4. The molecule has 0 aliphatic carbocycles. The number of halogens is 2. The largest absolute Gasteiger partial charge is 0.359 e. The second kappa shape index (κ2) is 8.08. The molecular formula is C21H21F2N5OS. The zero-order chi connectivity index (χ0) is 21.3. The van der Waals surface area contributed by atoms with Crippen molar-refractivity contribution in [2.75, 3.05) is 17.2 Å². The highest BCUT2D eigenvalue weighted by atomic mass is 32.1. The highest BCUT2D eigenvalue weighted by molar-refractivity contribution is 7.18. The molecule has 1 atom stereocenters. The minimum atomic E-state index is -2.84. The first-order chi connectivity index (χ1) is 14.3. The molecule has 30 heavy (non-hydrogen) atoms. The molecule has 4 N–H and O–H groups in total. The summed E-state index contributed by atoms with van der Waals surface area (Å²) in [6.07, 6.45) is 0.929. The third kappa shape index (κ3) is 4.63. The molecule has 0 fully saturated rings. The van der Waals surface area contributed by atoms with Gasteiger partial charge >= 0.3 is 0 Å². The van der Waals surface area contributed by atoms with E-state index in [9.17, 15) is 13.6 Å². The number of nitrogens with one attached hydrogen (secondary N) is 2. The van der Waals surface area contributed by atoms with Crippen LogP contribution >= 0.6 is 11.3 Å². The number of amides is 1. The van der Waals surface area contributed by atoms with E-state index in [1.165, 1.54) is 23.5 Å². The second-order valence-electron chi connectivity index (χ2n) is 7.44. The third-order valence-electron chi connectivity index (χ3n) is 4.88. The van der Waals surface area contributed by atoms with Gasteiger partial charge < -0.3 is 16.4 Å². The maximum Gasteiger partial charge on any atom is 0.270 e. The molecular weight excluding hydrogens is 408 g/mol. The van der Waals surface area contributed by atoms with E-state index in [0.717, 1.165) is 34.3 Å². The second-order valence-corrected chi connectivity index (χ2v) is 8.42. The van der Waals surface area contributed by atoms with E-state index in [0.29, 0.717) is 24.5 Å². The van der Waals surface area contributed by atoms with Crippen LogP contribution in [0, 0.1) is 0 Å². The van der Waals surface area contributed by atoms with Crippen molar-refractivity contribution in [3.8, 4) is 10.6 Å². The predicted octanol–water partition coefficient (Wildman–Crippen LogP) is 3.79. The van der Waals surface area contributed by atoms with E-state index in [2.05, 4.69) is 20.8 Å². The Morgan fingerprint density at radius 2 is 2.00 bits per heavy atom. The molecule has 1 aromatic heterocycles. The highest BCUT2D eigenvalue weighted by Gasteiger charge is 2.23. The molecule has 9 heteroatoms. The molecule has 0 spiro atoms. The van der Waals surface area contributed by atoms with Gasteiger partial charge in [-0.15, -0.1) is 10.2 Å². The lowest BCUT2D eigenvalue weighted by molar-refractivity contribution is -0.115. The smallest absolute Gasteiger partial charge is 0.270 e. The van der Waals surface area contributed by atoms with Gasteiger partial charge in [0.05, 0.1) is 6.42 Å². The molecule has 3 aromatic rings. The summed E-state index contributed by atoms with van der Waals surface area (Å²) in [6.45, 7) is 1.36. The topological polar surface area (TPSA) is 92.9 Å². The van der Waals surface area contributed by atoms with Crippen LogP contribution in [-0.2, 0) is 23.6 Å². The van der Waals surface area contributed by atoms with Gasteiger partial charge in [0.15, 0.2) is 0 Å². The third-order valence-corrected chi connectivity index (χ3v) is 5.81. The Hall–Kier alpha value is -2.91. The van der Waals surface area contributed by atoms with E-state index >= 15 is 0 Å². The van der Waals surface area contributed by atoms with E-state index in [1.807, 2.05) is 18.2 Å². The van der Waals surface area contributed by atoms with Crippen LogP contribution in [0.1, 0.15) is 23.6 Å². The maximum absolute atomic E-state index is 13.3. The van der Waals surface area contributed by atoms with Gasteiger partial charge in [-0.25, -0.2) is 8.78 Å². The van der Waals surface area contributed by atoms with Crippen molar-refractivity contribution in [1.29, 1.82) is 0 Å². The number of nitrogens with two attached hydrogens (primary N) is 1. The summed E-state index contributed by atoms with van der Waals surface area (Å²) >= 11 is 1.41. The normalized spacial score (nSPS) is 14.3. The minimum Gasteiger partial charge on any atom is -0.359 e. The number of hydrogen-bond acceptors (Lipinski definition) is 6. The molecule has 1 unspecified atom stereocenters.